The van der Waals surface area contributed by atoms with Crippen molar-refractivity contribution < 1.29 is 9.84 Å². The summed E-state index contributed by atoms with van der Waals surface area (Å²) >= 11 is 5.09. The number of rotatable bonds is 2. The van der Waals surface area contributed by atoms with Crippen molar-refractivity contribution in [3.8, 4) is 0 Å². The molecule has 14 heavy (non-hydrogen) atoms. The lowest BCUT2D eigenvalue weighted by Gasteiger charge is -2.14. The van der Waals surface area contributed by atoms with E-state index in [1.807, 2.05) is 6.92 Å². The van der Waals surface area contributed by atoms with Gasteiger partial charge in [0.05, 0.1) is 16.5 Å². The minimum absolute atomic E-state index is 0.278. The second-order valence-corrected chi connectivity index (χ2v) is 6.08. The van der Waals surface area contributed by atoms with Crippen molar-refractivity contribution in [1.29, 1.82) is 0 Å². The predicted molar refractivity (Wildman–Crippen MR) is 60.6 cm³/mol. The first-order chi connectivity index (χ1) is 6.68. The van der Waals surface area contributed by atoms with Crippen LogP contribution in [0.4, 0.5) is 0 Å². The van der Waals surface area contributed by atoms with E-state index in [0.29, 0.717) is 6.61 Å². The number of aryl methyl sites for hydroxylation is 1. The van der Waals surface area contributed by atoms with Gasteiger partial charge in [-0.05, 0) is 40.9 Å². The molecule has 0 aliphatic carbocycles. The van der Waals surface area contributed by atoms with Gasteiger partial charge in [0, 0.05) is 17.4 Å². The fourth-order valence-electron chi connectivity index (χ4n) is 1.66. The van der Waals surface area contributed by atoms with Gasteiger partial charge < -0.3 is 9.84 Å². The van der Waals surface area contributed by atoms with E-state index in [0.717, 1.165) is 21.7 Å². The summed E-state index contributed by atoms with van der Waals surface area (Å²) in [6, 6.07) is 2.05. The van der Waals surface area contributed by atoms with Crippen LogP contribution < -0.4 is 0 Å². The van der Waals surface area contributed by atoms with Gasteiger partial charge in [-0.15, -0.1) is 11.3 Å². The van der Waals surface area contributed by atoms with Gasteiger partial charge in [0.1, 0.15) is 0 Å². The van der Waals surface area contributed by atoms with Crippen LogP contribution in [0.15, 0.2) is 9.85 Å². The first-order valence-corrected chi connectivity index (χ1v) is 6.31. The quantitative estimate of drug-likeness (QED) is 0.900. The molecular formula is C10H13BrO2S. The van der Waals surface area contributed by atoms with Gasteiger partial charge in [-0.25, -0.2) is 0 Å². The molecule has 1 aliphatic rings. The molecule has 1 aliphatic heterocycles. The highest BCUT2D eigenvalue weighted by atomic mass is 79.9. The molecule has 0 saturated carbocycles. The number of ether oxygens (including phenoxy) is 1. The topological polar surface area (TPSA) is 29.5 Å². The number of halogens is 1. The van der Waals surface area contributed by atoms with E-state index in [9.17, 15) is 5.11 Å². The summed E-state index contributed by atoms with van der Waals surface area (Å²) in [5.41, 5.74) is 1.20. The second kappa shape index (κ2) is 4.31. The van der Waals surface area contributed by atoms with Gasteiger partial charge in [0.15, 0.2) is 0 Å². The molecule has 0 bridgehead atoms. The maximum Gasteiger partial charge on any atom is 0.0933 e. The van der Waals surface area contributed by atoms with Crippen LogP contribution in [0.5, 0.6) is 0 Å². The Balaban J connectivity index is 2.13. The van der Waals surface area contributed by atoms with Crippen LogP contribution in [-0.2, 0) is 4.74 Å². The first-order valence-electron chi connectivity index (χ1n) is 4.70. The van der Waals surface area contributed by atoms with E-state index in [2.05, 4.69) is 22.0 Å². The molecule has 2 nitrogen and oxygen atoms in total. The molecule has 1 aromatic heterocycles. The van der Waals surface area contributed by atoms with Crippen LogP contribution >= 0.6 is 27.3 Å². The molecule has 0 aromatic carbocycles. The van der Waals surface area contributed by atoms with Crippen molar-refractivity contribution in [2.45, 2.75) is 19.4 Å². The predicted octanol–water partition coefficient (Wildman–Crippen LogP) is 2.89. The Labute approximate surface area is 96.0 Å². The summed E-state index contributed by atoms with van der Waals surface area (Å²) in [5, 5.41) is 10.1. The number of thiophene rings is 1. The van der Waals surface area contributed by atoms with E-state index < -0.39 is 0 Å². The van der Waals surface area contributed by atoms with Crippen molar-refractivity contribution >= 4 is 27.3 Å². The highest BCUT2D eigenvalue weighted by Crippen LogP contribution is 2.36. The largest absolute Gasteiger partial charge is 0.387 e. The third-order valence-electron chi connectivity index (χ3n) is 2.58. The zero-order valence-electron chi connectivity index (χ0n) is 8.00. The summed E-state index contributed by atoms with van der Waals surface area (Å²) in [6.07, 6.45) is 0.614. The Morgan fingerprint density at radius 1 is 1.71 bits per heavy atom. The molecule has 1 aromatic rings. The van der Waals surface area contributed by atoms with Crippen LogP contribution in [0.2, 0.25) is 0 Å². The van der Waals surface area contributed by atoms with Gasteiger partial charge in [0.2, 0.25) is 0 Å². The summed E-state index contributed by atoms with van der Waals surface area (Å²) in [5.74, 6) is 0.278. The Hall–Kier alpha value is 0.100. The van der Waals surface area contributed by atoms with Crippen LogP contribution in [0.25, 0.3) is 0 Å². The molecule has 2 unspecified atom stereocenters. The lowest BCUT2D eigenvalue weighted by atomic mass is 10.0. The highest BCUT2D eigenvalue weighted by molar-refractivity contribution is 9.11. The molecule has 1 N–H and O–H groups in total. The van der Waals surface area contributed by atoms with E-state index >= 15 is 0 Å². The maximum atomic E-state index is 10.1. The zero-order valence-corrected chi connectivity index (χ0v) is 10.4. The van der Waals surface area contributed by atoms with Crippen molar-refractivity contribution in [2.75, 3.05) is 13.2 Å². The lowest BCUT2D eigenvalue weighted by Crippen LogP contribution is -2.10. The van der Waals surface area contributed by atoms with Crippen LogP contribution in [0, 0.1) is 12.8 Å². The monoisotopic (exact) mass is 276 g/mol. The van der Waals surface area contributed by atoms with E-state index in [-0.39, 0.29) is 12.0 Å². The molecule has 78 valence electrons. The summed E-state index contributed by atoms with van der Waals surface area (Å²) in [6.45, 7) is 3.52. The molecule has 2 heterocycles. The first kappa shape index (κ1) is 10.6. The smallest absolute Gasteiger partial charge is 0.0933 e. The Morgan fingerprint density at radius 3 is 3.00 bits per heavy atom. The normalized spacial score (nSPS) is 24.1. The third-order valence-corrected chi connectivity index (χ3v) is 4.79. The summed E-state index contributed by atoms with van der Waals surface area (Å²) < 4.78 is 6.39. The fraction of sp³-hybridized carbons (Fsp3) is 0.600. The molecule has 0 radical (unpaired) electrons. The molecule has 4 heteroatoms. The second-order valence-electron chi connectivity index (χ2n) is 3.67. The number of aliphatic hydroxyl groups excluding tert-OH is 1. The van der Waals surface area contributed by atoms with Gasteiger partial charge in [-0.1, -0.05) is 0 Å². The standard InChI is InChI=1S/C10H13BrO2S/c1-6-4-8(14-10(6)11)9(12)7-2-3-13-5-7/h4,7,9,12H,2-3,5H2,1H3. The summed E-state index contributed by atoms with van der Waals surface area (Å²) in [7, 11) is 0. The van der Waals surface area contributed by atoms with Gasteiger partial charge in [-0.2, -0.15) is 0 Å². The molecular weight excluding hydrogens is 264 g/mol. The SMILES string of the molecule is Cc1cc(C(O)C2CCOC2)sc1Br. The minimum atomic E-state index is -0.354. The van der Waals surface area contributed by atoms with Crippen LogP contribution in [-0.4, -0.2) is 18.3 Å². The van der Waals surface area contributed by atoms with Gasteiger partial charge >= 0.3 is 0 Å². The van der Waals surface area contributed by atoms with Crippen molar-refractivity contribution in [3.05, 3.63) is 20.3 Å². The number of hydrogen-bond acceptors (Lipinski definition) is 3. The Kier molecular flexibility index (Phi) is 3.27. The van der Waals surface area contributed by atoms with E-state index in [1.54, 1.807) is 11.3 Å². The van der Waals surface area contributed by atoms with Crippen molar-refractivity contribution in [1.82, 2.24) is 0 Å². The minimum Gasteiger partial charge on any atom is -0.387 e. The fourth-order valence-corrected chi connectivity index (χ4v) is 3.31. The van der Waals surface area contributed by atoms with Gasteiger partial charge in [0.25, 0.3) is 0 Å². The zero-order chi connectivity index (χ0) is 10.1. The molecule has 2 atom stereocenters. The lowest BCUT2D eigenvalue weighted by molar-refractivity contribution is 0.0944. The molecule has 0 spiro atoms. The van der Waals surface area contributed by atoms with E-state index in [4.69, 9.17) is 4.74 Å². The van der Waals surface area contributed by atoms with Crippen LogP contribution in [0.1, 0.15) is 23.0 Å². The Bertz CT molecular complexity index is 298. The summed E-state index contributed by atoms with van der Waals surface area (Å²) in [4.78, 5) is 1.05. The number of aliphatic hydroxyl groups is 1. The Morgan fingerprint density at radius 2 is 2.50 bits per heavy atom. The average Bonchev–Trinajstić information content (AvgIpc) is 2.76. The highest BCUT2D eigenvalue weighted by Gasteiger charge is 2.26. The maximum absolute atomic E-state index is 10.1. The molecule has 0 amide bonds. The third kappa shape index (κ3) is 2.03. The molecule has 1 saturated heterocycles. The van der Waals surface area contributed by atoms with Crippen molar-refractivity contribution in [3.63, 3.8) is 0 Å². The van der Waals surface area contributed by atoms with Crippen molar-refractivity contribution in [2.24, 2.45) is 5.92 Å². The van der Waals surface area contributed by atoms with Crippen LogP contribution in [0.3, 0.4) is 0 Å². The average molecular weight is 277 g/mol. The van der Waals surface area contributed by atoms with Gasteiger partial charge in [-0.3, -0.25) is 0 Å². The molecule has 1 fully saturated rings. The number of hydrogen-bond donors (Lipinski definition) is 1. The molecule has 2 rings (SSSR count). The van der Waals surface area contributed by atoms with E-state index in [1.165, 1.54) is 5.56 Å².